The second kappa shape index (κ2) is 8.35. The fourth-order valence-corrected chi connectivity index (χ4v) is 3.93. The van der Waals surface area contributed by atoms with E-state index >= 15 is 0 Å². The SMILES string of the molecule is C=Cc1ccc(-c2ccc(CN3C=C4N=C(c5cccc(F)c5F)N=C4CC3)cc2)cc1. The Kier molecular flexibility index (Phi) is 5.23. The van der Waals surface area contributed by atoms with Gasteiger partial charge in [-0.2, -0.15) is 0 Å². The minimum Gasteiger partial charge on any atom is -0.371 e. The average Bonchev–Trinajstić information content (AvgIpc) is 3.24. The van der Waals surface area contributed by atoms with Crippen molar-refractivity contribution in [2.75, 3.05) is 6.54 Å². The third-order valence-corrected chi connectivity index (χ3v) is 5.72. The molecule has 0 radical (unpaired) electrons. The molecule has 158 valence electrons. The Labute approximate surface area is 185 Å². The normalized spacial score (nSPS) is 15.1. The van der Waals surface area contributed by atoms with Gasteiger partial charge in [0.25, 0.3) is 0 Å². The highest BCUT2D eigenvalue weighted by Gasteiger charge is 2.25. The molecule has 3 aromatic carbocycles. The third-order valence-electron chi connectivity index (χ3n) is 5.72. The van der Waals surface area contributed by atoms with Crippen molar-refractivity contribution in [1.29, 1.82) is 0 Å². The molecule has 0 N–H and O–H groups in total. The van der Waals surface area contributed by atoms with Gasteiger partial charge in [0.05, 0.1) is 11.3 Å². The van der Waals surface area contributed by atoms with Gasteiger partial charge in [0, 0.05) is 25.7 Å². The molecule has 5 rings (SSSR count). The van der Waals surface area contributed by atoms with E-state index in [1.165, 1.54) is 23.3 Å². The summed E-state index contributed by atoms with van der Waals surface area (Å²) < 4.78 is 27.7. The molecule has 2 aliphatic heterocycles. The van der Waals surface area contributed by atoms with Gasteiger partial charge < -0.3 is 4.90 Å². The zero-order valence-electron chi connectivity index (χ0n) is 17.4. The maximum Gasteiger partial charge on any atom is 0.169 e. The van der Waals surface area contributed by atoms with Crippen molar-refractivity contribution >= 4 is 17.6 Å². The van der Waals surface area contributed by atoms with Gasteiger partial charge in [-0.3, -0.25) is 0 Å². The minimum absolute atomic E-state index is 0.0936. The first-order chi connectivity index (χ1) is 15.6. The maximum atomic E-state index is 14.1. The standard InChI is InChI=1S/C27H21F2N3/c1-2-18-6-10-20(11-7-18)21-12-8-19(9-13-21)16-32-15-14-24-25(17-32)31-27(30-24)22-4-3-5-23(28)26(22)29/h2-13,17H,1,14-16H2. The molecule has 0 bridgehead atoms. The summed E-state index contributed by atoms with van der Waals surface area (Å²) in [5, 5.41) is 0. The summed E-state index contributed by atoms with van der Waals surface area (Å²) in [6, 6.07) is 20.9. The number of benzene rings is 3. The van der Waals surface area contributed by atoms with Crippen LogP contribution in [-0.4, -0.2) is 23.0 Å². The summed E-state index contributed by atoms with van der Waals surface area (Å²) in [5.41, 5.74) is 6.25. The van der Waals surface area contributed by atoms with Crippen LogP contribution in [0, 0.1) is 11.6 Å². The lowest BCUT2D eigenvalue weighted by Crippen LogP contribution is -2.26. The van der Waals surface area contributed by atoms with Gasteiger partial charge in [-0.15, -0.1) is 0 Å². The van der Waals surface area contributed by atoms with E-state index in [0.29, 0.717) is 12.1 Å². The predicted octanol–water partition coefficient (Wildman–Crippen LogP) is 6.22. The summed E-state index contributed by atoms with van der Waals surface area (Å²) in [6.07, 6.45) is 4.50. The van der Waals surface area contributed by atoms with E-state index in [2.05, 4.69) is 70.0 Å². The van der Waals surface area contributed by atoms with E-state index in [9.17, 15) is 8.78 Å². The Bertz CT molecular complexity index is 1270. The highest BCUT2D eigenvalue weighted by atomic mass is 19.2. The largest absolute Gasteiger partial charge is 0.371 e. The molecule has 5 heteroatoms. The Morgan fingerprint density at radius 3 is 2.34 bits per heavy atom. The lowest BCUT2D eigenvalue weighted by molar-refractivity contribution is 0.371. The number of hydrogen-bond acceptors (Lipinski definition) is 3. The van der Waals surface area contributed by atoms with Crippen LogP contribution in [0.5, 0.6) is 0 Å². The number of nitrogens with zero attached hydrogens (tertiary/aromatic N) is 3. The van der Waals surface area contributed by atoms with Crippen LogP contribution >= 0.6 is 0 Å². The minimum atomic E-state index is -0.911. The van der Waals surface area contributed by atoms with Gasteiger partial charge in [0.1, 0.15) is 5.70 Å². The zero-order chi connectivity index (χ0) is 22.1. The molecule has 3 nitrogen and oxygen atoms in total. The van der Waals surface area contributed by atoms with Gasteiger partial charge in [-0.05, 0) is 34.4 Å². The Morgan fingerprint density at radius 1 is 0.906 bits per heavy atom. The van der Waals surface area contributed by atoms with Crippen LogP contribution in [0.1, 0.15) is 23.1 Å². The fraction of sp³-hybridized carbons (Fsp3) is 0.111. The molecule has 0 aliphatic carbocycles. The van der Waals surface area contributed by atoms with Crippen LogP contribution in [0.2, 0.25) is 0 Å². The van der Waals surface area contributed by atoms with Gasteiger partial charge in [-0.25, -0.2) is 18.8 Å². The van der Waals surface area contributed by atoms with Crippen molar-refractivity contribution in [3.05, 3.63) is 114 Å². The van der Waals surface area contributed by atoms with E-state index in [-0.39, 0.29) is 11.4 Å². The van der Waals surface area contributed by atoms with Gasteiger partial charge in [0.2, 0.25) is 0 Å². The number of amidine groups is 1. The molecule has 2 heterocycles. The quantitative estimate of drug-likeness (QED) is 0.477. The van der Waals surface area contributed by atoms with Crippen molar-refractivity contribution in [3.8, 4) is 11.1 Å². The molecule has 0 saturated carbocycles. The van der Waals surface area contributed by atoms with E-state index in [4.69, 9.17) is 0 Å². The van der Waals surface area contributed by atoms with Crippen LogP contribution < -0.4 is 0 Å². The van der Waals surface area contributed by atoms with E-state index < -0.39 is 11.6 Å². The first kappa shape index (κ1) is 20.1. The van der Waals surface area contributed by atoms with Gasteiger partial charge in [0.15, 0.2) is 17.5 Å². The average molecular weight is 425 g/mol. The third kappa shape index (κ3) is 3.89. The number of fused-ring (bicyclic) bond motifs is 1. The number of aliphatic imine (C=N–C) groups is 2. The molecule has 0 aromatic heterocycles. The molecule has 3 aromatic rings. The summed E-state index contributed by atoms with van der Waals surface area (Å²) in [7, 11) is 0. The van der Waals surface area contributed by atoms with Crippen LogP contribution in [-0.2, 0) is 6.54 Å². The topological polar surface area (TPSA) is 28.0 Å². The van der Waals surface area contributed by atoms with Crippen LogP contribution in [0.15, 0.2) is 95.2 Å². The van der Waals surface area contributed by atoms with Crippen LogP contribution in [0.4, 0.5) is 8.78 Å². The predicted molar refractivity (Wildman–Crippen MR) is 125 cm³/mol. The summed E-state index contributed by atoms with van der Waals surface area (Å²) in [6.45, 7) is 5.33. The lowest BCUT2D eigenvalue weighted by Gasteiger charge is -2.25. The first-order valence-corrected chi connectivity index (χ1v) is 10.5. The molecule has 0 unspecified atom stereocenters. The molecule has 32 heavy (non-hydrogen) atoms. The Balaban J connectivity index is 1.31. The van der Waals surface area contributed by atoms with Crippen molar-refractivity contribution in [1.82, 2.24) is 4.90 Å². The first-order valence-electron chi connectivity index (χ1n) is 10.5. The lowest BCUT2D eigenvalue weighted by atomic mass is 10.0. The maximum absolute atomic E-state index is 14.1. The van der Waals surface area contributed by atoms with E-state index in [0.717, 1.165) is 36.0 Å². The molecule has 0 saturated heterocycles. The smallest absolute Gasteiger partial charge is 0.169 e. The summed E-state index contributed by atoms with van der Waals surface area (Å²) in [4.78, 5) is 11.1. The van der Waals surface area contributed by atoms with Crippen molar-refractivity contribution < 1.29 is 8.78 Å². The molecular weight excluding hydrogens is 404 g/mol. The number of allylic oxidation sites excluding steroid dienone is 1. The summed E-state index contributed by atoms with van der Waals surface area (Å²) in [5.74, 6) is -1.57. The van der Waals surface area contributed by atoms with E-state index in [1.807, 2.05) is 12.3 Å². The molecule has 0 spiro atoms. The second-order valence-electron chi connectivity index (χ2n) is 7.85. The van der Waals surface area contributed by atoms with Crippen molar-refractivity contribution in [2.45, 2.75) is 13.0 Å². The number of rotatable bonds is 5. The second-order valence-corrected chi connectivity index (χ2v) is 7.85. The summed E-state index contributed by atoms with van der Waals surface area (Å²) >= 11 is 0. The molecule has 2 aliphatic rings. The molecule has 0 amide bonds. The Morgan fingerprint density at radius 2 is 1.62 bits per heavy atom. The highest BCUT2D eigenvalue weighted by molar-refractivity contribution is 6.18. The Hall–Kier alpha value is -3.86. The number of hydrogen-bond donors (Lipinski definition) is 0. The van der Waals surface area contributed by atoms with Crippen LogP contribution in [0.3, 0.4) is 0 Å². The fourth-order valence-electron chi connectivity index (χ4n) is 3.93. The van der Waals surface area contributed by atoms with Crippen LogP contribution in [0.25, 0.3) is 17.2 Å². The zero-order valence-corrected chi connectivity index (χ0v) is 17.4. The molecular formula is C27H21F2N3. The van der Waals surface area contributed by atoms with Gasteiger partial charge >= 0.3 is 0 Å². The molecule has 0 atom stereocenters. The monoisotopic (exact) mass is 425 g/mol. The number of halogens is 2. The molecule has 0 fully saturated rings. The van der Waals surface area contributed by atoms with E-state index in [1.54, 1.807) is 0 Å². The van der Waals surface area contributed by atoms with Crippen molar-refractivity contribution in [3.63, 3.8) is 0 Å². The highest BCUT2D eigenvalue weighted by Crippen LogP contribution is 2.26. The van der Waals surface area contributed by atoms with Gasteiger partial charge in [-0.1, -0.05) is 67.3 Å². The van der Waals surface area contributed by atoms with Crippen molar-refractivity contribution in [2.24, 2.45) is 9.98 Å².